The van der Waals surface area contributed by atoms with Crippen molar-refractivity contribution in [3.63, 3.8) is 0 Å². The van der Waals surface area contributed by atoms with Crippen LogP contribution in [0.3, 0.4) is 0 Å². The van der Waals surface area contributed by atoms with Crippen LogP contribution in [0.15, 0.2) is 24.3 Å². The molecule has 0 aliphatic heterocycles. The smallest absolute Gasteiger partial charge is 0.155 e. The molecule has 22 heavy (non-hydrogen) atoms. The van der Waals surface area contributed by atoms with Gasteiger partial charge in [-0.05, 0) is 85.5 Å². The number of carbonyl (C=O) groups excluding carboxylic acids is 1. The molecule has 0 radical (unpaired) electrons. The lowest BCUT2D eigenvalue weighted by Crippen LogP contribution is -2.49. The second kappa shape index (κ2) is 5.08. The molecule has 120 valence electrons. The topological polar surface area (TPSA) is 17.1 Å². The maximum Gasteiger partial charge on any atom is 0.155 e. The van der Waals surface area contributed by atoms with Gasteiger partial charge in [0, 0.05) is 6.42 Å². The van der Waals surface area contributed by atoms with Gasteiger partial charge in [0.1, 0.15) is 0 Å². The quantitative estimate of drug-likeness (QED) is 0.610. The van der Waals surface area contributed by atoms with E-state index in [4.69, 9.17) is 0 Å². The van der Waals surface area contributed by atoms with Crippen molar-refractivity contribution in [3.05, 3.63) is 24.3 Å². The summed E-state index contributed by atoms with van der Waals surface area (Å²) in [6, 6.07) is 0. The molecule has 4 aliphatic carbocycles. The molecule has 1 heteroatoms. The van der Waals surface area contributed by atoms with Crippen LogP contribution in [0.25, 0.3) is 0 Å². The molecule has 0 spiro atoms. The molecule has 3 fully saturated rings. The van der Waals surface area contributed by atoms with E-state index in [0.29, 0.717) is 23.0 Å². The molecule has 7 atom stereocenters. The van der Waals surface area contributed by atoms with Gasteiger partial charge in [-0.2, -0.15) is 0 Å². The number of hydrogen-bond donors (Lipinski definition) is 0. The Morgan fingerprint density at radius 2 is 2.09 bits per heavy atom. The monoisotopic (exact) mass is 298 g/mol. The summed E-state index contributed by atoms with van der Waals surface area (Å²) < 4.78 is 0. The van der Waals surface area contributed by atoms with Gasteiger partial charge in [-0.25, -0.2) is 0 Å². The molecule has 0 aromatic carbocycles. The Labute approximate surface area is 135 Å². The molecule has 0 bridgehead atoms. The molecular weight excluding hydrogens is 268 g/mol. The van der Waals surface area contributed by atoms with Crippen LogP contribution >= 0.6 is 0 Å². The highest BCUT2D eigenvalue weighted by Gasteiger charge is 2.56. The third-order valence-corrected chi connectivity index (χ3v) is 8.17. The Morgan fingerprint density at radius 1 is 1.27 bits per heavy atom. The fraction of sp³-hybridized carbons (Fsp3) is 0.762. The van der Waals surface area contributed by atoms with Gasteiger partial charge in [0.05, 0.1) is 0 Å². The lowest BCUT2D eigenvalue weighted by atomic mass is 9.49. The number of rotatable bonds is 1. The zero-order valence-electron chi connectivity index (χ0n) is 14.2. The van der Waals surface area contributed by atoms with Crippen molar-refractivity contribution in [2.24, 2.45) is 40.9 Å². The Balaban J connectivity index is 1.71. The van der Waals surface area contributed by atoms with E-state index in [2.05, 4.69) is 26.5 Å². The van der Waals surface area contributed by atoms with Gasteiger partial charge in [0.15, 0.2) is 5.78 Å². The highest BCUT2D eigenvalue weighted by molar-refractivity contribution is 5.91. The molecule has 0 saturated heterocycles. The summed E-state index contributed by atoms with van der Waals surface area (Å²) in [5.41, 5.74) is 2.03. The summed E-state index contributed by atoms with van der Waals surface area (Å²) in [7, 11) is 0. The Bertz CT molecular complexity index is 530. The van der Waals surface area contributed by atoms with Gasteiger partial charge in [0.25, 0.3) is 0 Å². The van der Waals surface area contributed by atoms with Crippen molar-refractivity contribution in [2.45, 2.75) is 58.8 Å². The number of allylic oxidation sites excluding steroid dienone is 2. The van der Waals surface area contributed by atoms with E-state index in [-0.39, 0.29) is 0 Å². The highest BCUT2D eigenvalue weighted by atomic mass is 16.1. The maximum absolute atomic E-state index is 11.8. The molecule has 0 heterocycles. The maximum atomic E-state index is 11.8. The van der Waals surface area contributed by atoms with Crippen LogP contribution in [0.4, 0.5) is 0 Å². The summed E-state index contributed by atoms with van der Waals surface area (Å²) >= 11 is 0. The molecule has 7 unspecified atom stereocenters. The third-order valence-electron chi connectivity index (χ3n) is 8.17. The molecule has 0 aromatic heterocycles. The molecular formula is C21H30O. The molecule has 0 aromatic rings. The third kappa shape index (κ3) is 1.93. The van der Waals surface area contributed by atoms with E-state index in [0.717, 1.165) is 42.9 Å². The minimum absolute atomic E-state index is 0.364. The van der Waals surface area contributed by atoms with E-state index in [1.165, 1.54) is 31.3 Å². The molecule has 0 N–H and O–H groups in total. The van der Waals surface area contributed by atoms with Crippen LogP contribution in [0.2, 0.25) is 0 Å². The number of ketones is 1. The zero-order chi connectivity index (χ0) is 15.5. The van der Waals surface area contributed by atoms with Gasteiger partial charge < -0.3 is 0 Å². The first-order chi connectivity index (χ1) is 10.5. The van der Waals surface area contributed by atoms with Gasteiger partial charge in [-0.1, -0.05) is 25.5 Å². The van der Waals surface area contributed by atoms with Crippen LogP contribution < -0.4 is 0 Å². The summed E-state index contributed by atoms with van der Waals surface area (Å²) in [6.07, 6.45) is 12.9. The molecule has 3 saturated carbocycles. The van der Waals surface area contributed by atoms with Gasteiger partial charge >= 0.3 is 0 Å². The summed E-state index contributed by atoms with van der Waals surface area (Å²) in [5.74, 6) is 5.10. The first kappa shape index (κ1) is 14.7. The Morgan fingerprint density at radius 3 is 2.86 bits per heavy atom. The highest BCUT2D eigenvalue weighted by Crippen LogP contribution is 2.64. The van der Waals surface area contributed by atoms with Crippen molar-refractivity contribution >= 4 is 5.78 Å². The first-order valence-electron chi connectivity index (χ1n) is 9.40. The standard InChI is InChI=1S/C21H30O/c1-4-14-11-15-12-16(22)6-7-17(15)18-9-10-21(3)13(2)5-8-19(21)20(14)18/h4,12-14,17-20H,1,5-11H2,2-3H3. The van der Waals surface area contributed by atoms with E-state index < -0.39 is 0 Å². The molecule has 0 amide bonds. The largest absolute Gasteiger partial charge is 0.295 e. The van der Waals surface area contributed by atoms with E-state index in [9.17, 15) is 4.79 Å². The van der Waals surface area contributed by atoms with Crippen molar-refractivity contribution < 1.29 is 4.79 Å². The predicted octanol–water partition coefficient (Wildman–Crippen LogP) is 5.18. The van der Waals surface area contributed by atoms with Crippen molar-refractivity contribution in [1.29, 1.82) is 0 Å². The van der Waals surface area contributed by atoms with E-state index in [1.807, 2.05) is 6.08 Å². The van der Waals surface area contributed by atoms with E-state index >= 15 is 0 Å². The zero-order valence-corrected chi connectivity index (χ0v) is 14.2. The Hall–Kier alpha value is -0.850. The molecule has 4 aliphatic rings. The lowest BCUT2D eigenvalue weighted by Gasteiger charge is -2.56. The summed E-state index contributed by atoms with van der Waals surface area (Å²) in [6.45, 7) is 9.23. The lowest BCUT2D eigenvalue weighted by molar-refractivity contribution is -0.116. The van der Waals surface area contributed by atoms with Crippen LogP contribution in [-0.4, -0.2) is 5.78 Å². The van der Waals surface area contributed by atoms with Gasteiger partial charge in [-0.3, -0.25) is 4.79 Å². The average Bonchev–Trinajstić information content (AvgIpc) is 2.81. The van der Waals surface area contributed by atoms with Crippen molar-refractivity contribution in [1.82, 2.24) is 0 Å². The van der Waals surface area contributed by atoms with Gasteiger partial charge in [0.2, 0.25) is 0 Å². The number of hydrogen-bond acceptors (Lipinski definition) is 1. The van der Waals surface area contributed by atoms with Crippen molar-refractivity contribution in [3.8, 4) is 0 Å². The second-order valence-electron chi connectivity index (χ2n) is 8.81. The van der Waals surface area contributed by atoms with Crippen LogP contribution in [0.5, 0.6) is 0 Å². The fourth-order valence-electron chi connectivity index (χ4n) is 6.79. The van der Waals surface area contributed by atoms with E-state index in [1.54, 1.807) is 0 Å². The predicted molar refractivity (Wildman–Crippen MR) is 90.3 cm³/mol. The summed E-state index contributed by atoms with van der Waals surface area (Å²) in [5, 5.41) is 0. The normalized spacial score (nSPS) is 50.6. The molecule has 1 nitrogen and oxygen atoms in total. The first-order valence-corrected chi connectivity index (χ1v) is 9.40. The average molecular weight is 298 g/mol. The Kier molecular flexibility index (Phi) is 3.40. The fourth-order valence-corrected chi connectivity index (χ4v) is 6.79. The minimum Gasteiger partial charge on any atom is -0.295 e. The number of carbonyl (C=O) groups is 1. The van der Waals surface area contributed by atoms with Crippen LogP contribution in [-0.2, 0) is 4.79 Å². The van der Waals surface area contributed by atoms with Gasteiger partial charge in [-0.15, -0.1) is 6.58 Å². The minimum atomic E-state index is 0.364. The van der Waals surface area contributed by atoms with Crippen LogP contribution in [0, 0.1) is 40.9 Å². The number of fused-ring (bicyclic) bond motifs is 5. The van der Waals surface area contributed by atoms with Crippen LogP contribution in [0.1, 0.15) is 58.8 Å². The molecule has 4 rings (SSSR count). The summed E-state index contributed by atoms with van der Waals surface area (Å²) in [4.78, 5) is 11.8. The second-order valence-corrected chi connectivity index (χ2v) is 8.81. The van der Waals surface area contributed by atoms with Crippen molar-refractivity contribution in [2.75, 3.05) is 0 Å². The SMILES string of the molecule is C=CC1CC2=CC(=O)CCC2C2CCC3(C)C(C)CCC3C12.